The molecule has 0 aliphatic heterocycles. The lowest BCUT2D eigenvalue weighted by molar-refractivity contribution is -0.153. The molecule has 1 aromatic rings. The number of likely N-dealkylation sites (N-methyl/N-ethyl adjacent to an activating group) is 1. The summed E-state index contributed by atoms with van der Waals surface area (Å²) in [6.45, 7) is 9.66. The Morgan fingerprint density at radius 2 is 1.60 bits per heavy atom. The molecule has 0 spiro atoms. The van der Waals surface area contributed by atoms with Crippen LogP contribution in [-0.2, 0) is 27.3 Å². The minimum atomic E-state index is -2.67. The van der Waals surface area contributed by atoms with Crippen LogP contribution in [0.2, 0.25) is 0 Å². The molecule has 0 aromatic heterocycles. The van der Waals surface area contributed by atoms with E-state index < -0.39 is 58.0 Å². The lowest BCUT2D eigenvalue weighted by atomic mass is 9.57. The van der Waals surface area contributed by atoms with Gasteiger partial charge in [-0.1, -0.05) is 23.3 Å². The van der Waals surface area contributed by atoms with Crippen molar-refractivity contribution < 1.29 is 34.8 Å². The van der Waals surface area contributed by atoms with Crippen LogP contribution in [0, 0.1) is 11.8 Å². The molecular weight excluding hydrogens is 576 g/mol. The number of phenols is 1. The van der Waals surface area contributed by atoms with E-state index in [2.05, 4.69) is 17.1 Å². The van der Waals surface area contributed by atoms with Gasteiger partial charge in [0.1, 0.15) is 22.8 Å². The van der Waals surface area contributed by atoms with Gasteiger partial charge in [-0.15, -0.1) is 0 Å². The van der Waals surface area contributed by atoms with E-state index in [1.54, 1.807) is 14.1 Å². The summed E-state index contributed by atoms with van der Waals surface area (Å²) in [6.07, 6.45) is 4.47. The molecule has 0 heterocycles. The predicted molar refractivity (Wildman–Crippen MR) is 173 cm³/mol. The monoisotopic (exact) mass is 622 g/mol. The first kappa shape index (κ1) is 34.0. The molecule has 1 aromatic carbocycles. The Morgan fingerprint density at radius 1 is 1.02 bits per heavy atom. The number of carbonyl (C=O) groups excluding carboxylic acids is 3. The minimum Gasteiger partial charge on any atom is -0.508 e. The second-order valence-corrected chi connectivity index (χ2v) is 13.4. The van der Waals surface area contributed by atoms with Crippen LogP contribution in [0.1, 0.15) is 50.8 Å². The largest absolute Gasteiger partial charge is 0.508 e. The van der Waals surface area contributed by atoms with Gasteiger partial charge in [0.15, 0.2) is 11.4 Å². The number of aliphatic hydroxyl groups excluding tert-OH is 2. The van der Waals surface area contributed by atoms with Gasteiger partial charge >= 0.3 is 0 Å². The van der Waals surface area contributed by atoms with Crippen LogP contribution in [0.15, 0.2) is 46.3 Å². The Labute approximate surface area is 264 Å². The summed E-state index contributed by atoms with van der Waals surface area (Å²) >= 11 is 0. The second kappa shape index (κ2) is 12.5. The maximum absolute atomic E-state index is 14.2. The molecule has 0 saturated heterocycles. The van der Waals surface area contributed by atoms with Crippen LogP contribution in [0.4, 0.5) is 5.69 Å². The van der Waals surface area contributed by atoms with Crippen molar-refractivity contribution in [2.45, 2.75) is 58.7 Å². The molecule has 244 valence electrons. The predicted octanol–water partition coefficient (Wildman–Crippen LogP) is 2.76. The van der Waals surface area contributed by atoms with E-state index in [1.165, 1.54) is 4.90 Å². The summed E-state index contributed by atoms with van der Waals surface area (Å²) in [4.78, 5) is 45.3. The number of allylic oxidation sites excluding steroid dienone is 2. The Hall–Kier alpha value is -3.93. The number of hydrogen-bond acceptors (Lipinski definition) is 10. The van der Waals surface area contributed by atoms with Gasteiger partial charge < -0.3 is 31.1 Å². The van der Waals surface area contributed by atoms with Gasteiger partial charge in [0.05, 0.1) is 11.6 Å². The number of aromatic hydroxyl groups is 1. The molecule has 4 rings (SSSR count). The van der Waals surface area contributed by atoms with Crippen LogP contribution in [0.25, 0.3) is 5.76 Å². The number of benzene rings is 1. The summed E-state index contributed by atoms with van der Waals surface area (Å²) in [5.74, 6) is -6.58. The van der Waals surface area contributed by atoms with Gasteiger partial charge in [-0.25, -0.2) is 0 Å². The van der Waals surface area contributed by atoms with Gasteiger partial charge in [0, 0.05) is 56.5 Å². The van der Waals surface area contributed by atoms with E-state index in [9.17, 15) is 34.8 Å². The molecule has 2 unspecified atom stereocenters. The number of fused-ring (bicyclic) bond motifs is 3. The normalized spacial score (nSPS) is 24.4. The fraction of sp³-hybridized carbons (Fsp3) is 0.500. The SMILES string of the molecule is CC(C)=CCN(CC=C(C)C)Cc1cc(N(C)C)c2c(c1O)C(O)=C1C(=O)[C@]3(O)C(O)=C(C(N)=O)C(=O)[C@@H](N(C)C)C3CC1C2. The minimum absolute atomic E-state index is 0.0420. The number of rotatable bonds is 9. The number of anilines is 1. The van der Waals surface area contributed by atoms with Crippen LogP contribution in [-0.4, -0.2) is 101 Å². The molecule has 4 atom stereocenters. The number of ketones is 2. The number of carbonyl (C=O) groups is 3. The first-order valence-corrected chi connectivity index (χ1v) is 15.1. The van der Waals surface area contributed by atoms with Gasteiger partial charge in [-0.05, 0) is 72.2 Å². The van der Waals surface area contributed by atoms with Crippen LogP contribution >= 0.6 is 0 Å². The van der Waals surface area contributed by atoms with Crippen molar-refractivity contribution in [1.29, 1.82) is 0 Å². The van der Waals surface area contributed by atoms with Crippen molar-refractivity contribution in [1.82, 2.24) is 9.80 Å². The van der Waals surface area contributed by atoms with Crippen molar-refractivity contribution in [3.05, 3.63) is 63.0 Å². The molecule has 45 heavy (non-hydrogen) atoms. The summed E-state index contributed by atoms with van der Waals surface area (Å²) in [5.41, 5.74) is 6.09. The Balaban J connectivity index is 1.91. The molecule has 3 aliphatic rings. The highest BCUT2D eigenvalue weighted by Gasteiger charge is 2.64. The summed E-state index contributed by atoms with van der Waals surface area (Å²) < 4.78 is 0. The van der Waals surface area contributed by atoms with E-state index in [0.717, 1.165) is 16.8 Å². The molecule has 0 bridgehead atoms. The quantitative estimate of drug-likeness (QED) is 0.204. The molecule has 0 radical (unpaired) electrons. The molecule has 1 saturated carbocycles. The van der Waals surface area contributed by atoms with Crippen molar-refractivity contribution in [2.75, 3.05) is 46.2 Å². The Bertz CT molecular complexity index is 1540. The number of hydrogen-bond donors (Lipinski definition) is 5. The molecule has 3 aliphatic carbocycles. The second-order valence-electron chi connectivity index (χ2n) is 13.4. The lowest BCUT2D eigenvalue weighted by Crippen LogP contribution is -2.65. The third-order valence-corrected chi connectivity index (χ3v) is 9.17. The highest BCUT2D eigenvalue weighted by molar-refractivity contribution is 6.24. The average Bonchev–Trinajstić information content (AvgIpc) is 2.92. The van der Waals surface area contributed by atoms with Gasteiger partial charge in [0.2, 0.25) is 5.78 Å². The first-order chi connectivity index (χ1) is 20.9. The average molecular weight is 623 g/mol. The zero-order valence-electron chi connectivity index (χ0n) is 27.4. The van der Waals surface area contributed by atoms with Crippen LogP contribution in [0.3, 0.4) is 0 Å². The van der Waals surface area contributed by atoms with Crippen LogP contribution < -0.4 is 10.6 Å². The maximum atomic E-state index is 14.2. The highest BCUT2D eigenvalue weighted by atomic mass is 16.3. The van der Waals surface area contributed by atoms with Gasteiger partial charge in [-0.2, -0.15) is 0 Å². The number of primary amides is 1. The molecular formula is C34H46N4O7. The van der Waals surface area contributed by atoms with E-state index in [1.807, 2.05) is 52.8 Å². The van der Waals surface area contributed by atoms with Crippen LogP contribution in [0.5, 0.6) is 5.75 Å². The number of aliphatic hydroxyl groups is 3. The summed E-state index contributed by atoms with van der Waals surface area (Å²) in [7, 11) is 6.88. The number of nitrogens with two attached hydrogens (primary N) is 1. The van der Waals surface area contributed by atoms with Crippen molar-refractivity contribution in [2.24, 2.45) is 17.6 Å². The lowest BCUT2D eigenvalue weighted by Gasteiger charge is -2.50. The van der Waals surface area contributed by atoms with Gasteiger partial charge in [-0.3, -0.25) is 24.2 Å². The van der Waals surface area contributed by atoms with E-state index >= 15 is 0 Å². The number of amides is 1. The fourth-order valence-electron chi connectivity index (χ4n) is 6.93. The number of nitrogens with zero attached hydrogens (tertiary/aromatic N) is 3. The molecule has 1 fully saturated rings. The smallest absolute Gasteiger partial charge is 0.255 e. The van der Waals surface area contributed by atoms with Crippen molar-refractivity contribution in [3.63, 3.8) is 0 Å². The zero-order chi connectivity index (χ0) is 33.7. The van der Waals surface area contributed by atoms with E-state index in [0.29, 0.717) is 30.8 Å². The van der Waals surface area contributed by atoms with Crippen molar-refractivity contribution in [3.8, 4) is 5.75 Å². The molecule has 6 N–H and O–H groups in total. The highest BCUT2D eigenvalue weighted by Crippen LogP contribution is 2.54. The standard InChI is InChI=1S/C34H46N4O7/c1-17(2)9-11-38(12-10-18(3)4)16-20-15-23(36(5)6)21-13-19-14-22-27(37(7)8)30(41)26(33(35)44)32(43)34(22,45)31(42)24(19)29(40)25(21)28(20)39/h9-10,15,19,22,27,39-40,43,45H,11-14,16H2,1-8H3,(H2,35,44)/t19?,22?,27-,34-/m0/s1. The van der Waals surface area contributed by atoms with E-state index in [-0.39, 0.29) is 29.7 Å². The first-order valence-electron chi connectivity index (χ1n) is 15.1. The van der Waals surface area contributed by atoms with Gasteiger partial charge in [0.25, 0.3) is 5.91 Å². The Morgan fingerprint density at radius 3 is 2.09 bits per heavy atom. The third kappa shape index (κ3) is 5.80. The number of phenolic OH excluding ortho intramolecular Hbond substituents is 1. The maximum Gasteiger partial charge on any atom is 0.255 e. The molecule has 11 heteroatoms. The number of Topliss-reactive ketones (excluding diaryl/α,β-unsaturated/α-hetero) is 2. The summed E-state index contributed by atoms with van der Waals surface area (Å²) in [6, 6.07) is 0.769. The Kier molecular flexibility index (Phi) is 9.40. The van der Waals surface area contributed by atoms with Crippen molar-refractivity contribution >= 4 is 28.9 Å². The zero-order valence-corrected chi connectivity index (χ0v) is 27.4. The topological polar surface area (TPSA) is 168 Å². The third-order valence-electron chi connectivity index (χ3n) is 9.17. The fourth-order valence-corrected chi connectivity index (χ4v) is 6.93. The van der Waals surface area contributed by atoms with E-state index in [4.69, 9.17) is 5.73 Å². The molecule has 1 amide bonds. The summed E-state index contributed by atoms with van der Waals surface area (Å²) in [5, 5.41) is 46.5. The molecule has 11 nitrogen and oxygen atoms in total.